The minimum Gasteiger partial charge on any atom is -0.496 e. The van der Waals surface area contributed by atoms with Gasteiger partial charge < -0.3 is 19.8 Å². The average molecular weight is 315 g/mol. The van der Waals surface area contributed by atoms with Gasteiger partial charge in [0.2, 0.25) is 0 Å². The van der Waals surface area contributed by atoms with Crippen LogP contribution in [0.15, 0.2) is 39.7 Å². The van der Waals surface area contributed by atoms with Crippen LogP contribution in [0, 0.1) is 13.8 Å². The Labute approximate surface area is 137 Å². The lowest BCUT2D eigenvalue weighted by Crippen LogP contribution is -2.37. The maximum absolute atomic E-state index is 5.53. The molecule has 0 amide bonds. The summed E-state index contributed by atoms with van der Waals surface area (Å²) in [6.45, 7) is 5.40. The number of para-hydroxylation sites is 1. The Morgan fingerprint density at radius 2 is 1.96 bits per heavy atom. The fourth-order valence-electron chi connectivity index (χ4n) is 2.48. The van der Waals surface area contributed by atoms with E-state index in [2.05, 4.69) is 21.7 Å². The summed E-state index contributed by atoms with van der Waals surface area (Å²) in [5.74, 6) is 3.57. The van der Waals surface area contributed by atoms with Gasteiger partial charge in [-0.1, -0.05) is 18.2 Å². The van der Waals surface area contributed by atoms with Crippen molar-refractivity contribution >= 4 is 5.96 Å². The number of nitrogens with zero attached hydrogens (tertiary/aromatic N) is 1. The van der Waals surface area contributed by atoms with Crippen molar-refractivity contribution in [3.05, 3.63) is 53.0 Å². The number of methoxy groups -OCH3 is 1. The number of nitrogens with one attached hydrogen (secondary N) is 2. The predicted molar refractivity (Wildman–Crippen MR) is 93.1 cm³/mol. The third-order valence-corrected chi connectivity index (χ3v) is 3.69. The lowest BCUT2D eigenvalue weighted by molar-refractivity contribution is 0.409. The van der Waals surface area contributed by atoms with Gasteiger partial charge in [0, 0.05) is 25.7 Å². The number of ether oxygens (including phenoxy) is 1. The molecule has 5 heteroatoms. The van der Waals surface area contributed by atoms with Gasteiger partial charge >= 0.3 is 0 Å². The van der Waals surface area contributed by atoms with Gasteiger partial charge in [0.1, 0.15) is 17.3 Å². The first-order valence-electron chi connectivity index (χ1n) is 7.76. The van der Waals surface area contributed by atoms with Crippen LogP contribution in [-0.4, -0.2) is 26.7 Å². The van der Waals surface area contributed by atoms with E-state index in [9.17, 15) is 0 Å². The van der Waals surface area contributed by atoms with E-state index in [1.54, 1.807) is 14.2 Å². The van der Waals surface area contributed by atoms with E-state index in [1.807, 2.05) is 38.1 Å². The van der Waals surface area contributed by atoms with Gasteiger partial charge in [0.15, 0.2) is 5.96 Å². The highest BCUT2D eigenvalue weighted by Crippen LogP contribution is 2.17. The largest absolute Gasteiger partial charge is 0.496 e. The molecular weight excluding hydrogens is 290 g/mol. The highest BCUT2D eigenvalue weighted by Gasteiger charge is 2.06. The number of rotatable bonds is 6. The quantitative estimate of drug-likeness (QED) is 0.636. The lowest BCUT2D eigenvalue weighted by atomic mass is 10.1. The monoisotopic (exact) mass is 315 g/mol. The molecule has 0 bridgehead atoms. The lowest BCUT2D eigenvalue weighted by Gasteiger charge is -2.12. The second-order valence-electron chi connectivity index (χ2n) is 5.35. The normalized spacial score (nSPS) is 11.4. The van der Waals surface area contributed by atoms with Crippen molar-refractivity contribution in [2.24, 2.45) is 4.99 Å². The molecule has 0 aliphatic rings. The first kappa shape index (κ1) is 16.9. The number of furan rings is 1. The molecule has 1 heterocycles. The molecule has 0 saturated carbocycles. The van der Waals surface area contributed by atoms with Gasteiger partial charge in [0.05, 0.1) is 7.11 Å². The molecule has 0 saturated heterocycles. The zero-order valence-corrected chi connectivity index (χ0v) is 14.3. The smallest absolute Gasteiger partial charge is 0.191 e. The van der Waals surface area contributed by atoms with E-state index < -0.39 is 0 Å². The molecule has 0 aliphatic carbocycles. The van der Waals surface area contributed by atoms with Crippen molar-refractivity contribution < 1.29 is 9.15 Å². The summed E-state index contributed by atoms with van der Waals surface area (Å²) in [6, 6.07) is 10.1. The minimum atomic E-state index is 0.692. The number of guanidine groups is 1. The summed E-state index contributed by atoms with van der Waals surface area (Å²) in [6.07, 6.45) is 0.870. The van der Waals surface area contributed by atoms with E-state index in [0.29, 0.717) is 6.54 Å². The third kappa shape index (κ3) is 4.77. The molecule has 0 fully saturated rings. The molecule has 0 spiro atoms. The molecule has 23 heavy (non-hydrogen) atoms. The SMILES string of the molecule is CN=C(NCCc1ccccc1OC)NCc1cc(C)oc1C. The van der Waals surface area contributed by atoms with Gasteiger partial charge in [-0.05, 0) is 38.0 Å². The van der Waals surface area contributed by atoms with Crippen LogP contribution >= 0.6 is 0 Å². The van der Waals surface area contributed by atoms with Gasteiger partial charge in [-0.25, -0.2) is 0 Å². The molecule has 0 radical (unpaired) electrons. The Hall–Kier alpha value is -2.43. The van der Waals surface area contributed by atoms with Gasteiger partial charge in [-0.2, -0.15) is 0 Å². The maximum atomic E-state index is 5.53. The van der Waals surface area contributed by atoms with Crippen LogP contribution in [0.2, 0.25) is 0 Å². The zero-order valence-electron chi connectivity index (χ0n) is 14.3. The summed E-state index contributed by atoms with van der Waals surface area (Å²) in [4.78, 5) is 4.25. The Morgan fingerprint density at radius 1 is 1.17 bits per heavy atom. The Balaban J connectivity index is 1.82. The van der Waals surface area contributed by atoms with Gasteiger partial charge in [-0.15, -0.1) is 0 Å². The fourth-order valence-corrected chi connectivity index (χ4v) is 2.48. The van der Waals surface area contributed by atoms with E-state index in [1.165, 1.54) is 5.56 Å². The van der Waals surface area contributed by atoms with Crippen LogP contribution in [0.25, 0.3) is 0 Å². The topological polar surface area (TPSA) is 58.8 Å². The number of hydrogen-bond donors (Lipinski definition) is 2. The zero-order chi connectivity index (χ0) is 16.7. The van der Waals surface area contributed by atoms with E-state index in [4.69, 9.17) is 9.15 Å². The average Bonchev–Trinajstić information content (AvgIpc) is 2.88. The molecule has 5 nitrogen and oxygen atoms in total. The Morgan fingerprint density at radius 3 is 2.61 bits per heavy atom. The predicted octanol–water partition coefficient (Wildman–Crippen LogP) is 2.81. The summed E-state index contributed by atoms with van der Waals surface area (Å²) in [7, 11) is 3.47. The minimum absolute atomic E-state index is 0.692. The molecule has 1 aromatic heterocycles. The third-order valence-electron chi connectivity index (χ3n) is 3.69. The molecule has 124 valence electrons. The summed E-state index contributed by atoms with van der Waals surface area (Å²) in [5, 5.41) is 6.62. The van der Waals surface area contributed by atoms with Crippen molar-refractivity contribution in [3.63, 3.8) is 0 Å². The van der Waals surface area contributed by atoms with Crippen LogP contribution in [0.3, 0.4) is 0 Å². The molecule has 2 aromatic rings. The molecule has 0 unspecified atom stereocenters. The van der Waals surface area contributed by atoms with Crippen molar-refractivity contribution in [1.82, 2.24) is 10.6 Å². The number of benzene rings is 1. The second-order valence-corrected chi connectivity index (χ2v) is 5.35. The standard InChI is InChI=1S/C18H25N3O2/c1-13-11-16(14(2)23-13)12-21-18(19-3)20-10-9-15-7-5-6-8-17(15)22-4/h5-8,11H,9-10,12H2,1-4H3,(H2,19,20,21). The first-order chi connectivity index (χ1) is 11.1. The van der Waals surface area contributed by atoms with E-state index >= 15 is 0 Å². The second kappa shape index (κ2) is 8.27. The van der Waals surface area contributed by atoms with Crippen LogP contribution in [0.5, 0.6) is 5.75 Å². The highest BCUT2D eigenvalue weighted by atomic mass is 16.5. The van der Waals surface area contributed by atoms with Crippen molar-refractivity contribution in [3.8, 4) is 5.75 Å². The van der Waals surface area contributed by atoms with Gasteiger partial charge in [-0.3, -0.25) is 4.99 Å². The Kier molecular flexibility index (Phi) is 6.09. The summed E-state index contributed by atoms with van der Waals surface area (Å²) >= 11 is 0. The van der Waals surface area contributed by atoms with Crippen LogP contribution in [0.1, 0.15) is 22.6 Å². The summed E-state index contributed by atoms with van der Waals surface area (Å²) in [5.41, 5.74) is 2.33. The number of aliphatic imine (C=N–C) groups is 1. The fraction of sp³-hybridized carbons (Fsp3) is 0.389. The number of aryl methyl sites for hydroxylation is 2. The summed E-state index contributed by atoms with van der Waals surface area (Å²) < 4.78 is 10.9. The Bertz CT molecular complexity index is 662. The molecular formula is C18H25N3O2. The molecule has 0 atom stereocenters. The maximum Gasteiger partial charge on any atom is 0.191 e. The molecule has 2 rings (SSSR count). The van der Waals surface area contributed by atoms with Crippen LogP contribution in [-0.2, 0) is 13.0 Å². The first-order valence-corrected chi connectivity index (χ1v) is 7.76. The number of hydrogen-bond acceptors (Lipinski definition) is 3. The van der Waals surface area contributed by atoms with Crippen LogP contribution < -0.4 is 15.4 Å². The molecule has 0 aliphatic heterocycles. The van der Waals surface area contributed by atoms with Crippen LogP contribution in [0.4, 0.5) is 0 Å². The molecule has 2 N–H and O–H groups in total. The van der Waals surface area contributed by atoms with Crippen molar-refractivity contribution in [2.75, 3.05) is 20.7 Å². The van der Waals surface area contributed by atoms with Crippen molar-refractivity contribution in [1.29, 1.82) is 0 Å². The highest BCUT2D eigenvalue weighted by molar-refractivity contribution is 5.79. The van der Waals surface area contributed by atoms with E-state index in [-0.39, 0.29) is 0 Å². The molecule has 1 aromatic carbocycles. The van der Waals surface area contributed by atoms with E-state index in [0.717, 1.165) is 41.8 Å². The van der Waals surface area contributed by atoms with Crippen molar-refractivity contribution in [2.45, 2.75) is 26.8 Å². The van der Waals surface area contributed by atoms with Gasteiger partial charge in [0.25, 0.3) is 0 Å².